The summed E-state index contributed by atoms with van der Waals surface area (Å²) >= 11 is 0. The summed E-state index contributed by atoms with van der Waals surface area (Å²) < 4.78 is 34.8. The van der Waals surface area contributed by atoms with Crippen LogP contribution in [0.5, 0.6) is 5.75 Å². The quantitative estimate of drug-likeness (QED) is 0.536. The number of halogens is 2. The molecule has 2 heterocycles. The minimum atomic E-state index is -0.840. The molecule has 1 aromatic heterocycles. The molecule has 180 valence electrons. The van der Waals surface area contributed by atoms with E-state index in [-0.39, 0.29) is 18.1 Å². The van der Waals surface area contributed by atoms with E-state index in [2.05, 4.69) is 38.0 Å². The molecule has 1 amide bonds. The number of benzene rings is 2. The van der Waals surface area contributed by atoms with Gasteiger partial charge in [-0.25, -0.2) is 13.5 Å². The van der Waals surface area contributed by atoms with E-state index in [0.717, 1.165) is 11.8 Å². The van der Waals surface area contributed by atoms with Crippen LogP contribution in [-0.4, -0.2) is 51.7 Å². The third-order valence-corrected chi connectivity index (χ3v) is 6.03. The first-order valence-corrected chi connectivity index (χ1v) is 11.4. The molecule has 0 bridgehead atoms. The van der Waals surface area contributed by atoms with Crippen molar-refractivity contribution in [2.75, 3.05) is 26.2 Å². The molecule has 0 saturated carbocycles. The Balaban J connectivity index is 1.27. The van der Waals surface area contributed by atoms with Crippen molar-refractivity contribution in [1.82, 2.24) is 19.6 Å². The summed E-state index contributed by atoms with van der Waals surface area (Å²) in [6, 6.07) is 13.9. The molecule has 6 nitrogen and oxygen atoms in total. The Bertz CT molecular complexity index is 1130. The Labute approximate surface area is 198 Å². The van der Waals surface area contributed by atoms with Gasteiger partial charge in [-0.2, -0.15) is 5.10 Å². The molecule has 8 heteroatoms. The number of amides is 1. The van der Waals surface area contributed by atoms with Crippen molar-refractivity contribution in [3.63, 3.8) is 0 Å². The van der Waals surface area contributed by atoms with E-state index >= 15 is 0 Å². The Kier molecular flexibility index (Phi) is 6.97. The molecule has 4 rings (SSSR count). The van der Waals surface area contributed by atoms with E-state index in [9.17, 15) is 13.6 Å². The molecule has 1 fully saturated rings. The van der Waals surface area contributed by atoms with Gasteiger partial charge < -0.3 is 9.64 Å². The fraction of sp³-hybridized carbons (Fsp3) is 0.385. The van der Waals surface area contributed by atoms with E-state index in [0.29, 0.717) is 44.0 Å². The van der Waals surface area contributed by atoms with Crippen LogP contribution in [0.4, 0.5) is 8.78 Å². The van der Waals surface area contributed by atoms with Gasteiger partial charge in [0.15, 0.2) is 24.1 Å². The molecular weight excluding hydrogens is 438 g/mol. The highest BCUT2D eigenvalue weighted by Gasteiger charge is 2.24. The fourth-order valence-corrected chi connectivity index (χ4v) is 3.92. The number of hydrogen-bond donors (Lipinski definition) is 0. The largest absolute Gasteiger partial charge is 0.471 e. The second-order valence-corrected chi connectivity index (χ2v) is 9.57. The van der Waals surface area contributed by atoms with Crippen LogP contribution in [0.25, 0.3) is 0 Å². The van der Waals surface area contributed by atoms with Crippen LogP contribution < -0.4 is 4.74 Å². The average Bonchev–Trinajstić information content (AvgIpc) is 3.29. The molecule has 2 aromatic carbocycles. The molecule has 0 atom stereocenters. The Morgan fingerprint density at radius 1 is 1.00 bits per heavy atom. The van der Waals surface area contributed by atoms with Crippen molar-refractivity contribution in [1.29, 1.82) is 0 Å². The highest BCUT2D eigenvalue weighted by atomic mass is 19.2. The van der Waals surface area contributed by atoms with E-state index in [1.54, 1.807) is 27.9 Å². The zero-order valence-electron chi connectivity index (χ0n) is 19.8. The fourth-order valence-electron chi connectivity index (χ4n) is 3.92. The van der Waals surface area contributed by atoms with E-state index < -0.39 is 11.6 Å². The van der Waals surface area contributed by atoms with Crippen molar-refractivity contribution in [2.24, 2.45) is 0 Å². The van der Waals surface area contributed by atoms with Gasteiger partial charge in [-0.05, 0) is 35.2 Å². The summed E-state index contributed by atoms with van der Waals surface area (Å²) in [6.07, 6.45) is 1.72. The molecule has 3 aromatic rings. The molecule has 0 aliphatic carbocycles. The predicted octanol–water partition coefficient (Wildman–Crippen LogP) is 4.45. The van der Waals surface area contributed by atoms with Gasteiger partial charge in [-0.1, -0.05) is 45.0 Å². The molecule has 1 aliphatic rings. The van der Waals surface area contributed by atoms with Crippen LogP contribution in [0.2, 0.25) is 0 Å². The van der Waals surface area contributed by atoms with Gasteiger partial charge in [-0.15, -0.1) is 0 Å². The molecule has 0 N–H and O–H groups in total. The lowest BCUT2D eigenvalue weighted by Crippen LogP contribution is -2.48. The standard InChI is InChI=1S/C26H30F2N4O2/c1-26(2,3)20-7-9-21(10-8-20)34-18-32-12-11-23(29-32)25(33)31-15-13-30(14-16-31)17-19-5-4-6-22(27)24(19)28/h4-12H,13-18H2,1-3H3. The highest BCUT2D eigenvalue weighted by molar-refractivity contribution is 5.92. The SMILES string of the molecule is CC(C)(C)c1ccc(OCn2ccc(C(=O)N3CCN(Cc4cccc(F)c4F)CC3)n2)cc1. The Hall–Kier alpha value is -3.26. The minimum absolute atomic E-state index is 0.0803. The maximum atomic E-state index is 13.9. The minimum Gasteiger partial charge on any atom is -0.471 e. The molecule has 0 unspecified atom stereocenters. The van der Waals surface area contributed by atoms with E-state index in [4.69, 9.17) is 4.74 Å². The van der Waals surface area contributed by atoms with Crippen LogP contribution in [0.15, 0.2) is 54.7 Å². The number of ether oxygens (including phenoxy) is 1. The first kappa shape index (κ1) is 23.9. The topological polar surface area (TPSA) is 50.6 Å². The predicted molar refractivity (Wildman–Crippen MR) is 126 cm³/mol. The van der Waals surface area contributed by atoms with Crippen LogP contribution in [0.3, 0.4) is 0 Å². The first-order valence-electron chi connectivity index (χ1n) is 11.4. The summed E-state index contributed by atoms with van der Waals surface area (Å²) in [5.74, 6) is -1.06. The second kappa shape index (κ2) is 9.93. The van der Waals surface area contributed by atoms with Gasteiger partial charge >= 0.3 is 0 Å². The normalized spacial score (nSPS) is 14.9. The number of nitrogens with zero attached hydrogens (tertiary/aromatic N) is 4. The lowest BCUT2D eigenvalue weighted by atomic mass is 9.87. The van der Waals surface area contributed by atoms with Crippen molar-refractivity contribution in [3.05, 3.63) is 83.2 Å². The number of rotatable bonds is 6. The lowest BCUT2D eigenvalue weighted by molar-refractivity contribution is 0.0619. The van der Waals surface area contributed by atoms with Gasteiger partial charge in [0, 0.05) is 44.5 Å². The average molecular weight is 469 g/mol. The Morgan fingerprint density at radius 3 is 2.38 bits per heavy atom. The van der Waals surface area contributed by atoms with Gasteiger partial charge in [0.05, 0.1) is 0 Å². The van der Waals surface area contributed by atoms with Crippen LogP contribution in [0.1, 0.15) is 42.4 Å². The number of carbonyl (C=O) groups is 1. The molecule has 1 saturated heterocycles. The summed E-state index contributed by atoms with van der Waals surface area (Å²) in [7, 11) is 0. The van der Waals surface area contributed by atoms with Gasteiger partial charge in [0.1, 0.15) is 5.75 Å². The number of hydrogen-bond acceptors (Lipinski definition) is 4. The molecule has 34 heavy (non-hydrogen) atoms. The van der Waals surface area contributed by atoms with Crippen LogP contribution >= 0.6 is 0 Å². The molecule has 1 aliphatic heterocycles. The summed E-state index contributed by atoms with van der Waals surface area (Å²) in [5, 5.41) is 4.36. The van der Waals surface area contributed by atoms with Crippen molar-refractivity contribution in [3.8, 4) is 5.75 Å². The van der Waals surface area contributed by atoms with E-state index in [1.165, 1.54) is 11.6 Å². The monoisotopic (exact) mass is 468 g/mol. The van der Waals surface area contributed by atoms with Crippen molar-refractivity contribution in [2.45, 2.75) is 39.5 Å². The maximum Gasteiger partial charge on any atom is 0.274 e. The number of piperazine rings is 1. The molecule has 0 radical (unpaired) electrons. The number of carbonyl (C=O) groups excluding carboxylic acids is 1. The van der Waals surface area contributed by atoms with Crippen LogP contribution in [-0.2, 0) is 18.7 Å². The van der Waals surface area contributed by atoms with E-state index in [1.807, 2.05) is 17.0 Å². The third kappa shape index (κ3) is 5.62. The molecular formula is C26H30F2N4O2. The third-order valence-electron chi connectivity index (χ3n) is 6.03. The smallest absolute Gasteiger partial charge is 0.274 e. The molecule has 0 spiro atoms. The highest BCUT2D eigenvalue weighted by Crippen LogP contribution is 2.24. The Morgan fingerprint density at radius 2 is 1.71 bits per heavy atom. The summed E-state index contributed by atoms with van der Waals surface area (Å²) in [5.41, 5.74) is 1.99. The van der Waals surface area contributed by atoms with Crippen molar-refractivity contribution < 1.29 is 18.3 Å². The summed E-state index contributed by atoms with van der Waals surface area (Å²) in [6.45, 7) is 9.16. The van der Waals surface area contributed by atoms with Gasteiger partial charge in [0.2, 0.25) is 0 Å². The number of aromatic nitrogens is 2. The van der Waals surface area contributed by atoms with Gasteiger partial charge in [-0.3, -0.25) is 9.69 Å². The first-order chi connectivity index (χ1) is 16.2. The maximum absolute atomic E-state index is 13.9. The van der Waals surface area contributed by atoms with Crippen LogP contribution in [0, 0.1) is 11.6 Å². The zero-order chi connectivity index (χ0) is 24.3. The summed E-state index contributed by atoms with van der Waals surface area (Å²) in [4.78, 5) is 16.6. The van der Waals surface area contributed by atoms with Crippen molar-refractivity contribution >= 4 is 5.91 Å². The zero-order valence-corrected chi connectivity index (χ0v) is 19.8. The second-order valence-electron chi connectivity index (χ2n) is 9.57. The van der Waals surface area contributed by atoms with Gasteiger partial charge in [0.25, 0.3) is 5.91 Å². The lowest BCUT2D eigenvalue weighted by Gasteiger charge is -2.34.